The molecule has 0 aromatic heterocycles. The van der Waals surface area contributed by atoms with Crippen molar-refractivity contribution in [2.45, 2.75) is 336 Å². The van der Waals surface area contributed by atoms with E-state index in [4.69, 9.17) is 28.4 Å². The number of hydrogen-bond acceptors (Lipinski definition) is 18. The summed E-state index contributed by atoms with van der Waals surface area (Å²) in [6, 6.07) is -1.04. The summed E-state index contributed by atoms with van der Waals surface area (Å²) in [7, 11) is 0. The number of rotatable bonds is 53. The highest BCUT2D eigenvalue weighted by Crippen LogP contribution is 2.33. The Morgan fingerprint density at radius 3 is 1.22 bits per heavy atom. The average Bonchev–Trinajstić information content (AvgIpc) is 0.877. The molecule has 19 heteroatoms. The van der Waals surface area contributed by atoms with Gasteiger partial charge in [-0.25, -0.2) is 0 Å². The summed E-state index contributed by atoms with van der Waals surface area (Å²) in [4.78, 5) is 13.3. The summed E-state index contributed by atoms with van der Waals surface area (Å²) in [6.45, 7) is 1.53. The maximum Gasteiger partial charge on any atom is 0.220 e. The van der Waals surface area contributed by atoms with Gasteiger partial charge in [-0.05, 0) is 70.6 Å². The average molecular weight is 1290 g/mol. The molecule has 3 aliphatic heterocycles. The predicted octanol–water partition coefficient (Wildman–Crippen LogP) is 9.49. The molecule has 3 saturated heterocycles. The summed E-state index contributed by atoms with van der Waals surface area (Å²) in [5, 5.41) is 120. The fraction of sp³-hybridized carbons (Fsp3) is 0.792. The van der Waals surface area contributed by atoms with Gasteiger partial charge in [-0.15, -0.1) is 0 Å². The first-order valence-corrected chi connectivity index (χ1v) is 35.3. The van der Waals surface area contributed by atoms with E-state index in [2.05, 4.69) is 79.9 Å². The predicted molar refractivity (Wildman–Crippen MR) is 355 cm³/mol. The minimum absolute atomic E-state index is 0.106. The molecule has 3 rings (SSSR count). The van der Waals surface area contributed by atoms with E-state index in [1.807, 2.05) is 18.2 Å². The number of carbonyl (C=O) groups excluding carboxylic acids is 1. The van der Waals surface area contributed by atoms with E-state index in [9.17, 15) is 61.0 Å². The number of hydrogen-bond donors (Lipinski definition) is 12. The first-order chi connectivity index (χ1) is 44.3. The molecule has 526 valence electrons. The number of ether oxygens (including phenoxy) is 6. The summed E-state index contributed by atoms with van der Waals surface area (Å²) in [5.41, 5.74) is 0. The molecule has 0 bridgehead atoms. The Hall–Kier alpha value is -3.03. The van der Waals surface area contributed by atoms with Gasteiger partial charge >= 0.3 is 0 Å². The van der Waals surface area contributed by atoms with Crippen LogP contribution in [-0.4, -0.2) is 193 Å². The van der Waals surface area contributed by atoms with E-state index < -0.39 is 131 Å². The van der Waals surface area contributed by atoms with Crippen LogP contribution in [0.4, 0.5) is 0 Å². The molecular formula is C72H125NO18. The van der Waals surface area contributed by atoms with E-state index in [1.165, 1.54) is 148 Å². The molecule has 3 aliphatic rings. The van der Waals surface area contributed by atoms with E-state index in [0.717, 1.165) is 44.9 Å². The lowest BCUT2D eigenvalue weighted by Gasteiger charge is -2.48. The lowest BCUT2D eigenvalue weighted by molar-refractivity contribution is -0.379. The van der Waals surface area contributed by atoms with Crippen LogP contribution in [0.2, 0.25) is 0 Å². The molecule has 0 aromatic carbocycles. The number of amides is 1. The highest BCUT2D eigenvalue weighted by molar-refractivity contribution is 5.76. The van der Waals surface area contributed by atoms with Crippen molar-refractivity contribution in [1.82, 2.24) is 5.32 Å². The largest absolute Gasteiger partial charge is 0.394 e. The Bertz CT molecular complexity index is 1980. The van der Waals surface area contributed by atoms with Crippen LogP contribution in [0, 0.1) is 0 Å². The third kappa shape index (κ3) is 35.0. The van der Waals surface area contributed by atoms with Crippen molar-refractivity contribution in [1.29, 1.82) is 0 Å². The number of unbranched alkanes of at least 4 members (excludes halogenated alkanes) is 25. The van der Waals surface area contributed by atoms with Gasteiger partial charge in [0.1, 0.15) is 73.2 Å². The zero-order valence-corrected chi connectivity index (χ0v) is 55.5. The number of aliphatic hydroxyl groups is 11. The standard InChI is InChI=1S/C72H125NO18/c1-3-5-7-9-11-13-15-17-18-19-20-21-22-23-24-25-26-27-28-29-30-31-32-33-34-35-36-38-39-41-43-45-47-49-56(77)55(73-60(78)50-48-46-44-42-40-37-16-14-12-10-8-6-4-2)54-86-70-66(84)63(81)68(58(52-75)88-70)91-72-67(85)64(82)69(59(53-76)89-72)90-71-65(83)62(80)61(79)57(51-74)87-71/h6,8,12,14,34-35,37,39-41,44,46-47,49,55-59,61-72,74-77,79-85H,3-5,7,9-11,13,15-33,36,38,42-43,45,48,50-54H2,1-2H3,(H,73,78)/b8-6-,14-12-,35-34+,40-37-,41-39+,46-44-,49-47+. The van der Waals surface area contributed by atoms with Crippen LogP contribution in [-0.2, 0) is 33.2 Å². The maximum absolute atomic E-state index is 13.3. The molecule has 3 fully saturated rings. The molecule has 17 unspecified atom stereocenters. The second-order valence-electron chi connectivity index (χ2n) is 24.9. The maximum atomic E-state index is 13.3. The monoisotopic (exact) mass is 1290 g/mol. The summed E-state index contributed by atoms with van der Waals surface area (Å²) < 4.78 is 34.2. The van der Waals surface area contributed by atoms with Crippen molar-refractivity contribution < 1.29 is 89.4 Å². The molecule has 0 aromatic rings. The zero-order valence-electron chi connectivity index (χ0n) is 55.5. The Balaban J connectivity index is 1.40. The molecule has 0 aliphatic carbocycles. The van der Waals surface area contributed by atoms with Crippen LogP contribution in [0.3, 0.4) is 0 Å². The third-order valence-corrected chi connectivity index (χ3v) is 17.2. The van der Waals surface area contributed by atoms with Crippen LogP contribution >= 0.6 is 0 Å². The molecule has 91 heavy (non-hydrogen) atoms. The normalized spacial score (nSPS) is 28.4. The minimum Gasteiger partial charge on any atom is -0.394 e. The van der Waals surface area contributed by atoms with Gasteiger partial charge in [0.05, 0.1) is 38.6 Å². The van der Waals surface area contributed by atoms with Crippen molar-refractivity contribution >= 4 is 5.91 Å². The first-order valence-electron chi connectivity index (χ1n) is 35.3. The quantitative estimate of drug-likeness (QED) is 0.0199. The van der Waals surface area contributed by atoms with Crippen LogP contribution < -0.4 is 5.32 Å². The summed E-state index contributed by atoms with van der Waals surface area (Å²) in [5.74, 6) is -0.372. The van der Waals surface area contributed by atoms with Crippen LogP contribution in [0.25, 0.3) is 0 Å². The van der Waals surface area contributed by atoms with E-state index in [1.54, 1.807) is 6.08 Å². The zero-order chi connectivity index (χ0) is 66.1. The molecular weight excluding hydrogens is 1170 g/mol. The van der Waals surface area contributed by atoms with Crippen LogP contribution in [0.15, 0.2) is 85.1 Å². The minimum atomic E-state index is -1.99. The Morgan fingerprint density at radius 1 is 0.407 bits per heavy atom. The van der Waals surface area contributed by atoms with Crippen molar-refractivity contribution in [3.05, 3.63) is 85.1 Å². The lowest BCUT2D eigenvalue weighted by atomic mass is 9.96. The highest BCUT2D eigenvalue weighted by atomic mass is 16.8. The lowest BCUT2D eigenvalue weighted by Crippen LogP contribution is -2.66. The summed E-state index contributed by atoms with van der Waals surface area (Å²) >= 11 is 0. The molecule has 0 radical (unpaired) electrons. The van der Waals surface area contributed by atoms with Gasteiger partial charge in [0.2, 0.25) is 5.91 Å². The topological polar surface area (TPSA) is 307 Å². The smallest absolute Gasteiger partial charge is 0.220 e. The van der Waals surface area contributed by atoms with Crippen LogP contribution in [0.5, 0.6) is 0 Å². The molecule has 0 spiro atoms. The number of carbonyl (C=O) groups is 1. The second kappa shape index (κ2) is 53.2. The molecule has 1 amide bonds. The first kappa shape index (κ1) is 82.2. The Morgan fingerprint density at radius 2 is 0.769 bits per heavy atom. The Kier molecular flexibility index (Phi) is 48.0. The van der Waals surface area contributed by atoms with Crippen molar-refractivity contribution in [3.63, 3.8) is 0 Å². The van der Waals surface area contributed by atoms with E-state index >= 15 is 0 Å². The Labute approximate surface area is 546 Å². The SMILES string of the molecule is CC/C=C\C/C=C\C/C=C\C/C=C\CCC(=O)NC(COC1OC(CO)C(OC2OC(CO)C(OC3OC(CO)C(O)C(O)C3O)C(O)C2O)C(O)C1O)C(O)/C=C/CC/C=C/CC/C=C/CCCCCCCCCCCCCCCCCCCCCCCCC. The molecule has 12 N–H and O–H groups in total. The second-order valence-corrected chi connectivity index (χ2v) is 24.9. The van der Waals surface area contributed by atoms with Gasteiger partial charge in [-0.2, -0.15) is 0 Å². The fourth-order valence-electron chi connectivity index (χ4n) is 11.5. The van der Waals surface area contributed by atoms with Gasteiger partial charge in [0.25, 0.3) is 0 Å². The highest BCUT2D eigenvalue weighted by Gasteiger charge is 2.53. The van der Waals surface area contributed by atoms with Gasteiger partial charge in [-0.3, -0.25) is 4.79 Å². The number of nitrogens with one attached hydrogen (secondary N) is 1. The van der Waals surface area contributed by atoms with Crippen LogP contribution in [0.1, 0.15) is 232 Å². The third-order valence-electron chi connectivity index (χ3n) is 17.2. The molecule has 0 saturated carbocycles. The van der Waals surface area contributed by atoms with Gasteiger partial charge in [-0.1, -0.05) is 240 Å². The van der Waals surface area contributed by atoms with Crippen molar-refractivity contribution in [2.75, 3.05) is 26.4 Å². The fourth-order valence-corrected chi connectivity index (χ4v) is 11.5. The molecule has 19 nitrogen and oxygen atoms in total. The van der Waals surface area contributed by atoms with Crippen molar-refractivity contribution in [3.8, 4) is 0 Å². The summed E-state index contributed by atoms with van der Waals surface area (Å²) in [6.07, 6.45) is 42.0. The number of allylic oxidation sites excluding steroid dienone is 13. The van der Waals surface area contributed by atoms with Crippen molar-refractivity contribution in [2.24, 2.45) is 0 Å². The number of aliphatic hydroxyl groups excluding tert-OH is 11. The van der Waals surface area contributed by atoms with E-state index in [-0.39, 0.29) is 12.3 Å². The van der Waals surface area contributed by atoms with Gasteiger partial charge in [0, 0.05) is 6.42 Å². The van der Waals surface area contributed by atoms with Gasteiger partial charge in [0.15, 0.2) is 18.9 Å². The van der Waals surface area contributed by atoms with Gasteiger partial charge < -0.3 is 89.9 Å². The molecule has 3 heterocycles. The van der Waals surface area contributed by atoms with E-state index in [0.29, 0.717) is 19.3 Å². The molecule has 17 atom stereocenters.